The van der Waals surface area contributed by atoms with Gasteiger partial charge in [0.1, 0.15) is 0 Å². The lowest BCUT2D eigenvalue weighted by Gasteiger charge is -2.26. The summed E-state index contributed by atoms with van der Waals surface area (Å²) >= 11 is 2.39. The molecule has 0 radical (unpaired) electrons. The highest BCUT2D eigenvalue weighted by molar-refractivity contribution is 14.1. The van der Waals surface area contributed by atoms with Gasteiger partial charge in [-0.25, -0.2) is 0 Å². The summed E-state index contributed by atoms with van der Waals surface area (Å²) in [6, 6.07) is 8.56. The molecule has 1 fully saturated rings. The minimum atomic E-state index is 0.765. The third-order valence-corrected chi connectivity index (χ3v) is 3.23. The van der Waals surface area contributed by atoms with Crippen LogP contribution in [0.25, 0.3) is 0 Å². The Morgan fingerprint density at radius 1 is 1.33 bits per heavy atom. The Hall–Kier alpha value is -0.0900. The van der Waals surface area contributed by atoms with Gasteiger partial charge in [-0.3, -0.25) is 0 Å². The third kappa shape index (κ3) is 1.80. The van der Waals surface area contributed by atoms with Gasteiger partial charge in [0, 0.05) is 9.49 Å². The molecule has 0 saturated carbocycles. The molecule has 1 aromatic rings. The van der Waals surface area contributed by atoms with Crippen LogP contribution in [-0.2, 0) is 11.2 Å². The summed E-state index contributed by atoms with van der Waals surface area (Å²) in [6.45, 7) is 1.90. The van der Waals surface area contributed by atoms with Crippen LogP contribution in [0.2, 0.25) is 0 Å². The first-order valence-electron chi connectivity index (χ1n) is 4.17. The Balaban J connectivity index is 2.06. The molecule has 64 valence electrons. The number of halogens is 1. The standard InChI is InChI=1S/C10H11IO/c11-10-4-2-1-3-9(10)5-8-6-12-7-8/h1-4,8H,5-7H2. The molecule has 0 atom stereocenters. The topological polar surface area (TPSA) is 9.23 Å². The highest BCUT2D eigenvalue weighted by Gasteiger charge is 2.19. The van der Waals surface area contributed by atoms with E-state index >= 15 is 0 Å². The molecule has 1 heterocycles. The van der Waals surface area contributed by atoms with E-state index in [2.05, 4.69) is 46.9 Å². The molecule has 2 rings (SSSR count). The van der Waals surface area contributed by atoms with E-state index in [1.807, 2.05) is 0 Å². The molecule has 1 aliphatic heterocycles. The van der Waals surface area contributed by atoms with Gasteiger partial charge in [-0.1, -0.05) is 18.2 Å². The molecule has 0 aliphatic carbocycles. The second-order valence-electron chi connectivity index (χ2n) is 3.20. The number of benzene rings is 1. The SMILES string of the molecule is Ic1ccccc1CC1COC1. The summed E-state index contributed by atoms with van der Waals surface area (Å²) in [7, 11) is 0. The molecule has 1 aliphatic rings. The number of ether oxygens (including phenoxy) is 1. The van der Waals surface area contributed by atoms with E-state index in [0.717, 1.165) is 19.1 Å². The average molecular weight is 274 g/mol. The first kappa shape index (κ1) is 8.51. The van der Waals surface area contributed by atoms with Crippen LogP contribution in [0.15, 0.2) is 24.3 Å². The van der Waals surface area contributed by atoms with E-state index < -0.39 is 0 Å². The second kappa shape index (κ2) is 3.75. The fourth-order valence-electron chi connectivity index (χ4n) is 1.38. The molecular weight excluding hydrogens is 263 g/mol. The van der Waals surface area contributed by atoms with Gasteiger partial charge < -0.3 is 4.74 Å². The summed E-state index contributed by atoms with van der Waals surface area (Å²) in [6.07, 6.45) is 1.18. The van der Waals surface area contributed by atoms with Crippen molar-refractivity contribution in [1.82, 2.24) is 0 Å². The molecule has 2 heteroatoms. The summed E-state index contributed by atoms with van der Waals surface area (Å²) in [5, 5.41) is 0. The van der Waals surface area contributed by atoms with E-state index in [9.17, 15) is 0 Å². The third-order valence-electron chi connectivity index (χ3n) is 2.17. The molecule has 0 aromatic heterocycles. The molecule has 0 N–H and O–H groups in total. The maximum atomic E-state index is 5.14. The maximum absolute atomic E-state index is 5.14. The smallest absolute Gasteiger partial charge is 0.0519 e. The fourth-order valence-corrected chi connectivity index (χ4v) is 1.98. The minimum Gasteiger partial charge on any atom is -0.381 e. The van der Waals surface area contributed by atoms with Gasteiger partial charge in [-0.05, 0) is 40.6 Å². The maximum Gasteiger partial charge on any atom is 0.0519 e. The Labute approximate surface area is 86.3 Å². The van der Waals surface area contributed by atoms with Crippen LogP contribution in [0.3, 0.4) is 0 Å². The van der Waals surface area contributed by atoms with E-state index in [0.29, 0.717) is 0 Å². The van der Waals surface area contributed by atoms with Gasteiger partial charge in [0.05, 0.1) is 13.2 Å². The van der Waals surface area contributed by atoms with E-state index in [4.69, 9.17) is 4.74 Å². The first-order valence-corrected chi connectivity index (χ1v) is 5.25. The minimum absolute atomic E-state index is 0.765. The molecule has 1 aromatic carbocycles. The van der Waals surface area contributed by atoms with Crippen LogP contribution >= 0.6 is 22.6 Å². The predicted molar refractivity (Wildman–Crippen MR) is 57.2 cm³/mol. The fraction of sp³-hybridized carbons (Fsp3) is 0.400. The van der Waals surface area contributed by atoms with Crippen LogP contribution in [0.1, 0.15) is 5.56 Å². The lowest BCUT2D eigenvalue weighted by molar-refractivity contribution is -0.0313. The summed E-state index contributed by atoms with van der Waals surface area (Å²) in [4.78, 5) is 0. The predicted octanol–water partition coefficient (Wildman–Crippen LogP) is 2.48. The zero-order valence-electron chi connectivity index (χ0n) is 6.79. The number of hydrogen-bond acceptors (Lipinski definition) is 1. The van der Waals surface area contributed by atoms with Crippen molar-refractivity contribution >= 4 is 22.6 Å². The summed E-state index contributed by atoms with van der Waals surface area (Å²) < 4.78 is 6.52. The van der Waals surface area contributed by atoms with Crippen LogP contribution in [0.5, 0.6) is 0 Å². The van der Waals surface area contributed by atoms with Crippen molar-refractivity contribution < 1.29 is 4.74 Å². The summed E-state index contributed by atoms with van der Waals surface area (Å²) in [5.41, 5.74) is 1.46. The van der Waals surface area contributed by atoms with Crippen molar-refractivity contribution in [3.8, 4) is 0 Å². The normalized spacial score (nSPS) is 17.4. The highest BCUT2D eigenvalue weighted by Crippen LogP contribution is 2.20. The molecule has 0 bridgehead atoms. The molecule has 1 saturated heterocycles. The van der Waals surface area contributed by atoms with Gasteiger partial charge >= 0.3 is 0 Å². The van der Waals surface area contributed by atoms with Crippen molar-refractivity contribution in [2.75, 3.05) is 13.2 Å². The Morgan fingerprint density at radius 2 is 2.08 bits per heavy atom. The van der Waals surface area contributed by atoms with E-state index in [-0.39, 0.29) is 0 Å². The van der Waals surface area contributed by atoms with Crippen LogP contribution in [-0.4, -0.2) is 13.2 Å². The zero-order valence-corrected chi connectivity index (χ0v) is 8.95. The van der Waals surface area contributed by atoms with E-state index in [1.165, 1.54) is 15.6 Å². The Bertz CT molecular complexity index is 268. The lowest BCUT2D eigenvalue weighted by Crippen LogP contribution is -2.29. The van der Waals surface area contributed by atoms with Crippen molar-refractivity contribution in [1.29, 1.82) is 0 Å². The molecule has 0 spiro atoms. The van der Waals surface area contributed by atoms with Gasteiger partial charge in [0.15, 0.2) is 0 Å². The van der Waals surface area contributed by atoms with Gasteiger partial charge in [0.2, 0.25) is 0 Å². The van der Waals surface area contributed by atoms with Crippen LogP contribution in [0, 0.1) is 9.49 Å². The summed E-state index contributed by atoms with van der Waals surface area (Å²) in [5.74, 6) is 0.765. The Morgan fingerprint density at radius 3 is 2.67 bits per heavy atom. The number of hydrogen-bond donors (Lipinski definition) is 0. The molecule has 0 unspecified atom stereocenters. The van der Waals surface area contributed by atoms with Crippen molar-refractivity contribution in [3.05, 3.63) is 33.4 Å². The van der Waals surface area contributed by atoms with Gasteiger partial charge in [-0.2, -0.15) is 0 Å². The monoisotopic (exact) mass is 274 g/mol. The van der Waals surface area contributed by atoms with Crippen molar-refractivity contribution in [2.45, 2.75) is 6.42 Å². The molecular formula is C10H11IO. The average Bonchev–Trinajstić information content (AvgIpc) is 2.00. The van der Waals surface area contributed by atoms with Gasteiger partial charge in [0.25, 0.3) is 0 Å². The van der Waals surface area contributed by atoms with Crippen molar-refractivity contribution in [3.63, 3.8) is 0 Å². The van der Waals surface area contributed by atoms with Crippen molar-refractivity contribution in [2.24, 2.45) is 5.92 Å². The number of rotatable bonds is 2. The second-order valence-corrected chi connectivity index (χ2v) is 4.36. The molecule has 1 nitrogen and oxygen atoms in total. The molecule has 12 heavy (non-hydrogen) atoms. The first-order chi connectivity index (χ1) is 5.86. The quantitative estimate of drug-likeness (QED) is 0.753. The van der Waals surface area contributed by atoms with Gasteiger partial charge in [-0.15, -0.1) is 0 Å². The Kier molecular flexibility index (Phi) is 2.66. The highest BCUT2D eigenvalue weighted by atomic mass is 127. The largest absolute Gasteiger partial charge is 0.381 e. The van der Waals surface area contributed by atoms with Crippen LogP contribution < -0.4 is 0 Å². The van der Waals surface area contributed by atoms with E-state index in [1.54, 1.807) is 0 Å². The zero-order chi connectivity index (χ0) is 8.39. The molecule has 0 amide bonds. The van der Waals surface area contributed by atoms with Crippen LogP contribution in [0.4, 0.5) is 0 Å². The lowest BCUT2D eigenvalue weighted by atomic mass is 9.98.